The maximum Gasteiger partial charge on any atom is 0.116 e. The van der Waals surface area contributed by atoms with Gasteiger partial charge < -0.3 is 16.5 Å². The molecule has 0 aliphatic carbocycles. The molecule has 0 radical (unpaired) electrons. The van der Waals surface area contributed by atoms with Crippen LogP contribution < -0.4 is 22.0 Å². The van der Waals surface area contributed by atoms with Gasteiger partial charge in [0.1, 0.15) is 5.69 Å². The first kappa shape index (κ1) is 26.9. The van der Waals surface area contributed by atoms with Crippen molar-refractivity contribution in [1.82, 2.24) is 25.1 Å². The molecule has 1 unspecified atom stereocenters. The molecule has 4 heterocycles. The summed E-state index contributed by atoms with van der Waals surface area (Å²) in [7, 11) is 0. The first-order chi connectivity index (χ1) is 18.3. The Morgan fingerprint density at radius 1 is 1.05 bits per heavy atom. The lowest BCUT2D eigenvalue weighted by atomic mass is 9.96. The minimum Gasteiger partial charge on any atom is -0.404 e. The highest BCUT2D eigenvalue weighted by Gasteiger charge is 2.14. The standard InChI is InChI=1S/C31H39N7/c1-6-20(4)12-24(33)14-23(16-32)21(5)13-26-28(11-19(2)3)37-38-31(26)29-15-25-27(17-35-18-30(25)36-29)22-7-9-34-10-8-22/h7-11,13-21,36-37H,6,12,32-33H2,1-5H3/b23-16+,24-14+,26-13+,28-11+/t20-,21?/m1/s1. The van der Waals surface area contributed by atoms with Crippen molar-refractivity contribution in [3.63, 3.8) is 0 Å². The Labute approximate surface area is 224 Å². The van der Waals surface area contributed by atoms with Gasteiger partial charge in [-0.15, -0.1) is 0 Å². The third-order valence-electron chi connectivity index (χ3n) is 6.89. The number of aromatic nitrogens is 5. The molecular weight excluding hydrogens is 470 g/mol. The van der Waals surface area contributed by atoms with Gasteiger partial charge in [-0.2, -0.15) is 5.10 Å². The monoisotopic (exact) mass is 509 g/mol. The molecule has 0 aliphatic heterocycles. The first-order valence-corrected chi connectivity index (χ1v) is 13.3. The molecule has 7 nitrogen and oxygen atoms in total. The molecule has 0 fully saturated rings. The van der Waals surface area contributed by atoms with Crippen molar-refractivity contribution < 1.29 is 0 Å². The molecule has 198 valence electrons. The van der Waals surface area contributed by atoms with Crippen LogP contribution in [-0.2, 0) is 0 Å². The van der Waals surface area contributed by atoms with Gasteiger partial charge in [0.2, 0.25) is 0 Å². The molecule has 0 amide bonds. The number of nitrogens with zero attached hydrogens (tertiary/aromatic N) is 3. The number of allylic oxidation sites excluding steroid dienone is 3. The summed E-state index contributed by atoms with van der Waals surface area (Å²) in [6.45, 7) is 10.9. The van der Waals surface area contributed by atoms with Gasteiger partial charge in [0, 0.05) is 46.4 Å². The second-order valence-electron chi connectivity index (χ2n) is 10.4. The molecule has 0 saturated carbocycles. The van der Waals surface area contributed by atoms with Crippen LogP contribution in [0, 0.1) is 17.8 Å². The van der Waals surface area contributed by atoms with Gasteiger partial charge in [-0.3, -0.25) is 15.1 Å². The fraction of sp³-hybridized carbons (Fsp3) is 0.323. The van der Waals surface area contributed by atoms with Gasteiger partial charge in [0.05, 0.1) is 22.8 Å². The number of fused-ring (bicyclic) bond motifs is 1. The molecular formula is C31H39N7. The SMILES string of the molecule is CC[C@@H](C)C/C(N)=C\C(=C/N)C(C)/C=c1/c(-c2cc3c(-c4ccncc4)cncc3[nH]2)n[nH]/c1=C/C(C)C. The van der Waals surface area contributed by atoms with Crippen molar-refractivity contribution in [3.8, 4) is 22.5 Å². The smallest absolute Gasteiger partial charge is 0.116 e. The van der Waals surface area contributed by atoms with E-state index < -0.39 is 0 Å². The molecule has 0 aliphatic rings. The predicted octanol–water partition coefficient (Wildman–Crippen LogP) is 4.99. The number of pyridine rings is 2. The zero-order chi connectivity index (χ0) is 27.2. The highest BCUT2D eigenvalue weighted by atomic mass is 15.1. The second-order valence-corrected chi connectivity index (χ2v) is 10.4. The van der Waals surface area contributed by atoms with Crippen LogP contribution in [0.4, 0.5) is 0 Å². The van der Waals surface area contributed by atoms with Crippen LogP contribution in [0.15, 0.2) is 66.5 Å². The van der Waals surface area contributed by atoms with E-state index in [2.05, 4.69) is 72.9 Å². The molecule has 7 heteroatoms. The van der Waals surface area contributed by atoms with Gasteiger partial charge in [-0.1, -0.05) is 53.2 Å². The molecule has 0 spiro atoms. The van der Waals surface area contributed by atoms with E-state index in [9.17, 15) is 0 Å². The van der Waals surface area contributed by atoms with Crippen LogP contribution in [0.25, 0.3) is 45.6 Å². The maximum absolute atomic E-state index is 6.37. The average molecular weight is 510 g/mol. The Kier molecular flexibility index (Phi) is 8.46. The summed E-state index contributed by atoms with van der Waals surface area (Å²) < 4.78 is 0. The Morgan fingerprint density at radius 2 is 1.82 bits per heavy atom. The summed E-state index contributed by atoms with van der Waals surface area (Å²) in [4.78, 5) is 12.2. The number of hydrogen-bond acceptors (Lipinski definition) is 5. The fourth-order valence-corrected chi connectivity index (χ4v) is 4.64. The van der Waals surface area contributed by atoms with Crippen molar-refractivity contribution in [2.75, 3.05) is 0 Å². The molecule has 2 atom stereocenters. The van der Waals surface area contributed by atoms with Crippen molar-refractivity contribution in [3.05, 3.63) is 77.1 Å². The van der Waals surface area contributed by atoms with E-state index in [4.69, 9.17) is 16.6 Å². The Bertz CT molecular complexity index is 1550. The van der Waals surface area contributed by atoms with Crippen molar-refractivity contribution >= 4 is 23.1 Å². The molecule has 4 rings (SSSR count). The lowest BCUT2D eigenvalue weighted by molar-refractivity contribution is 0.554. The summed E-state index contributed by atoms with van der Waals surface area (Å²) in [5.41, 5.74) is 19.1. The zero-order valence-corrected chi connectivity index (χ0v) is 23.0. The first-order valence-electron chi connectivity index (χ1n) is 13.3. The second kappa shape index (κ2) is 11.9. The molecule has 38 heavy (non-hydrogen) atoms. The summed E-state index contributed by atoms with van der Waals surface area (Å²) in [6.07, 6.45) is 17.4. The number of nitrogens with one attached hydrogen (secondary N) is 2. The zero-order valence-electron chi connectivity index (χ0n) is 23.0. The van der Waals surface area contributed by atoms with E-state index in [0.717, 1.165) is 68.1 Å². The highest BCUT2D eigenvalue weighted by Crippen LogP contribution is 2.30. The summed E-state index contributed by atoms with van der Waals surface area (Å²) >= 11 is 0. The van der Waals surface area contributed by atoms with Crippen molar-refractivity contribution in [1.29, 1.82) is 0 Å². The van der Waals surface area contributed by atoms with Crippen LogP contribution in [-0.4, -0.2) is 25.1 Å². The third-order valence-corrected chi connectivity index (χ3v) is 6.89. The quantitative estimate of drug-likeness (QED) is 0.237. The lowest BCUT2D eigenvalue weighted by Gasteiger charge is -2.12. The van der Waals surface area contributed by atoms with E-state index in [1.54, 1.807) is 18.6 Å². The van der Waals surface area contributed by atoms with Gasteiger partial charge in [0.15, 0.2) is 0 Å². The van der Waals surface area contributed by atoms with E-state index in [-0.39, 0.29) is 5.92 Å². The van der Waals surface area contributed by atoms with E-state index >= 15 is 0 Å². The van der Waals surface area contributed by atoms with Crippen molar-refractivity contribution in [2.45, 2.75) is 47.5 Å². The van der Waals surface area contributed by atoms with Gasteiger partial charge in [-0.05, 0) is 59.9 Å². The van der Waals surface area contributed by atoms with Gasteiger partial charge >= 0.3 is 0 Å². The third kappa shape index (κ3) is 6.05. The summed E-state index contributed by atoms with van der Waals surface area (Å²) in [5, 5.41) is 11.1. The molecule has 4 aromatic heterocycles. The minimum absolute atomic E-state index is 0.0320. The molecule has 0 aromatic carbocycles. The van der Waals surface area contributed by atoms with Crippen LogP contribution in [0.5, 0.6) is 0 Å². The summed E-state index contributed by atoms with van der Waals surface area (Å²) in [6, 6.07) is 6.14. The maximum atomic E-state index is 6.37. The number of rotatable bonds is 9. The van der Waals surface area contributed by atoms with Crippen molar-refractivity contribution in [2.24, 2.45) is 29.2 Å². The number of aromatic amines is 2. The number of H-pyrrole nitrogens is 2. The minimum atomic E-state index is 0.0320. The van der Waals surface area contributed by atoms with E-state index in [1.165, 1.54) is 0 Å². The number of hydrogen-bond donors (Lipinski definition) is 4. The van der Waals surface area contributed by atoms with E-state index in [1.807, 2.05) is 30.6 Å². The van der Waals surface area contributed by atoms with Crippen LogP contribution in [0.1, 0.15) is 47.5 Å². The summed E-state index contributed by atoms with van der Waals surface area (Å²) in [5.74, 6) is 0.918. The highest BCUT2D eigenvalue weighted by molar-refractivity contribution is 5.97. The Morgan fingerprint density at radius 3 is 2.50 bits per heavy atom. The normalized spacial score (nSPS) is 15.5. The van der Waals surface area contributed by atoms with E-state index in [0.29, 0.717) is 11.8 Å². The van der Waals surface area contributed by atoms with Crippen LogP contribution in [0.3, 0.4) is 0 Å². The largest absolute Gasteiger partial charge is 0.404 e. The van der Waals surface area contributed by atoms with Crippen LogP contribution in [0.2, 0.25) is 0 Å². The van der Waals surface area contributed by atoms with Gasteiger partial charge in [-0.25, -0.2) is 0 Å². The fourth-order valence-electron chi connectivity index (χ4n) is 4.64. The lowest BCUT2D eigenvalue weighted by Crippen LogP contribution is -2.26. The predicted molar refractivity (Wildman–Crippen MR) is 158 cm³/mol. The number of nitrogens with two attached hydrogens (primary N) is 2. The van der Waals surface area contributed by atoms with Crippen LogP contribution >= 0.6 is 0 Å². The topological polar surface area (TPSA) is 122 Å². The average Bonchev–Trinajstić information content (AvgIpc) is 3.51. The molecule has 0 bridgehead atoms. The molecule has 0 saturated heterocycles. The Balaban J connectivity index is 1.82. The Hall–Kier alpha value is -4.13. The molecule has 4 aromatic rings. The van der Waals surface area contributed by atoms with Gasteiger partial charge in [0.25, 0.3) is 0 Å². The molecule has 6 N–H and O–H groups in total.